The van der Waals surface area contributed by atoms with Crippen molar-refractivity contribution in [3.63, 3.8) is 0 Å². The smallest absolute Gasteiger partial charge is 0.220 e. The zero-order valence-corrected chi connectivity index (χ0v) is 12.0. The molecule has 0 atom stereocenters. The van der Waals surface area contributed by atoms with Gasteiger partial charge in [0, 0.05) is 31.7 Å². The van der Waals surface area contributed by atoms with Crippen LogP contribution in [0.3, 0.4) is 0 Å². The Kier molecular flexibility index (Phi) is 3.94. The van der Waals surface area contributed by atoms with Gasteiger partial charge < -0.3 is 5.32 Å². The number of hydrogen-bond acceptors (Lipinski definition) is 3. The number of halogens is 1. The summed E-state index contributed by atoms with van der Waals surface area (Å²) in [4.78, 5) is 0. The van der Waals surface area contributed by atoms with Gasteiger partial charge in [-0.05, 0) is 19.9 Å². The first-order chi connectivity index (χ1) is 8.84. The van der Waals surface area contributed by atoms with E-state index in [4.69, 9.17) is 0 Å². The maximum Gasteiger partial charge on any atom is 0.220 e. The minimum Gasteiger partial charge on any atom is -0.314 e. The summed E-state index contributed by atoms with van der Waals surface area (Å²) >= 11 is 0. The summed E-state index contributed by atoms with van der Waals surface area (Å²) in [6, 6.07) is 6.28. The van der Waals surface area contributed by atoms with Crippen molar-refractivity contribution in [1.82, 2.24) is 9.62 Å². The van der Waals surface area contributed by atoms with Crippen molar-refractivity contribution in [2.24, 2.45) is 0 Å². The van der Waals surface area contributed by atoms with Crippen molar-refractivity contribution in [3.05, 3.63) is 35.6 Å². The summed E-state index contributed by atoms with van der Waals surface area (Å²) in [5, 5.41) is 3.11. The number of nitrogens with zero attached hydrogens (tertiary/aromatic N) is 1. The van der Waals surface area contributed by atoms with Gasteiger partial charge in [0.2, 0.25) is 10.0 Å². The van der Waals surface area contributed by atoms with Crippen LogP contribution in [-0.4, -0.2) is 37.1 Å². The van der Waals surface area contributed by atoms with Crippen LogP contribution in [0.4, 0.5) is 4.39 Å². The minimum atomic E-state index is -3.45. The molecule has 2 rings (SSSR count). The van der Waals surface area contributed by atoms with Gasteiger partial charge in [0.1, 0.15) is 5.82 Å². The molecule has 1 fully saturated rings. The molecule has 1 N–H and O–H groups in total. The molecule has 0 aromatic heterocycles. The molecule has 1 saturated heterocycles. The number of rotatable bonds is 2. The molecular weight excluding hydrogens is 267 g/mol. The lowest BCUT2D eigenvalue weighted by Crippen LogP contribution is -2.46. The van der Waals surface area contributed by atoms with Crippen molar-refractivity contribution >= 4 is 10.0 Å². The Morgan fingerprint density at radius 2 is 2.05 bits per heavy atom. The molecule has 0 amide bonds. The largest absolute Gasteiger partial charge is 0.314 e. The summed E-state index contributed by atoms with van der Waals surface area (Å²) in [5.41, 5.74) is 0.406. The second-order valence-electron chi connectivity index (χ2n) is 5.37. The summed E-state index contributed by atoms with van der Waals surface area (Å²) < 4.78 is 39.2. The fourth-order valence-corrected chi connectivity index (χ4v) is 3.76. The molecule has 106 valence electrons. The molecule has 1 aromatic rings. The minimum absolute atomic E-state index is 0.0834. The second-order valence-corrected chi connectivity index (χ2v) is 7.94. The molecular formula is C13H19FN2O2S. The van der Waals surface area contributed by atoms with Gasteiger partial charge in [0.25, 0.3) is 0 Å². The predicted molar refractivity (Wildman–Crippen MR) is 72.7 cm³/mol. The highest BCUT2D eigenvalue weighted by molar-refractivity contribution is 7.90. The van der Waals surface area contributed by atoms with Crippen LogP contribution in [0.5, 0.6) is 0 Å². The molecule has 0 spiro atoms. The lowest BCUT2D eigenvalue weighted by molar-refractivity contribution is 0.400. The lowest BCUT2D eigenvalue weighted by atomic mass is 10.2. The van der Waals surface area contributed by atoms with Crippen molar-refractivity contribution in [2.75, 3.05) is 19.6 Å². The third-order valence-corrected chi connectivity index (χ3v) is 5.96. The number of benzene rings is 1. The molecule has 1 aromatic carbocycles. The zero-order valence-electron chi connectivity index (χ0n) is 11.2. The topological polar surface area (TPSA) is 49.4 Å². The van der Waals surface area contributed by atoms with Crippen molar-refractivity contribution in [1.29, 1.82) is 0 Å². The highest BCUT2D eigenvalue weighted by Gasteiger charge is 2.40. The molecule has 4 nitrogen and oxygen atoms in total. The fraction of sp³-hybridized carbons (Fsp3) is 0.538. The Labute approximate surface area is 113 Å². The Bertz CT molecular complexity index is 558. The molecule has 1 heterocycles. The molecule has 0 aliphatic carbocycles. The molecule has 0 bridgehead atoms. The van der Waals surface area contributed by atoms with E-state index in [1.165, 1.54) is 10.4 Å². The third kappa shape index (κ3) is 2.80. The number of nitrogens with one attached hydrogen (secondary N) is 1. The Hall–Kier alpha value is -0.980. The van der Waals surface area contributed by atoms with E-state index in [-0.39, 0.29) is 12.4 Å². The van der Waals surface area contributed by atoms with Gasteiger partial charge in [-0.3, -0.25) is 0 Å². The average molecular weight is 286 g/mol. The quantitative estimate of drug-likeness (QED) is 0.892. The first kappa shape index (κ1) is 14.4. The van der Waals surface area contributed by atoms with Crippen molar-refractivity contribution < 1.29 is 12.8 Å². The third-order valence-electron chi connectivity index (χ3n) is 3.43. The first-order valence-corrected chi connectivity index (χ1v) is 7.72. The molecule has 0 saturated carbocycles. The van der Waals surface area contributed by atoms with E-state index >= 15 is 0 Å². The van der Waals surface area contributed by atoms with Gasteiger partial charge in [-0.2, -0.15) is 4.31 Å². The van der Waals surface area contributed by atoms with E-state index in [1.54, 1.807) is 32.0 Å². The molecule has 0 radical (unpaired) electrons. The average Bonchev–Trinajstić information content (AvgIpc) is 2.43. The summed E-state index contributed by atoms with van der Waals surface area (Å²) in [6.45, 7) is 4.81. The van der Waals surface area contributed by atoms with E-state index in [1.807, 2.05) is 0 Å². The normalized spacial score (nSPS) is 22.9. The van der Waals surface area contributed by atoms with Crippen LogP contribution in [0.1, 0.15) is 19.4 Å². The molecule has 1 aliphatic rings. The maximum atomic E-state index is 13.7. The van der Waals surface area contributed by atoms with Crippen LogP contribution in [0.25, 0.3) is 0 Å². The first-order valence-electron chi connectivity index (χ1n) is 6.28. The van der Waals surface area contributed by atoms with Crippen molar-refractivity contribution in [2.45, 2.75) is 25.1 Å². The lowest BCUT2D eigenvalue weighted by Gasteiger charge is -2.29. The second kappa shape index (κ2) is 5.19. The van der Waals surface area contributed by atoms with Crippen LogP contribution in [-0.2, 0) is 16.6 Å². The van der Waals surface area contributed by atoms with Gasteiger partial charge >= 0.3 is 0 Å². The van der Waals surface area contributed by atoms with Crippen molar-refractivity contribution in [3.8, 4) is 0 Å². The molecule has 19 heavy (non-hydrogen) atoms. The Morgan fingerprint density at radius 3 is 2.74 bits per heavy atom. The van der Waals surface area contributed by atoms with E-state index in [9.17, 15) is 12.8 Å². The van der Waals surface area contributed by atoms with Crippen LogP contribution < -0.4 is 5.32 Å². The van der Waals surface area contributed by atoms with Gasteiger partial charge in [-0.15, -0.1) is 0 Å². The van der Waals surface area contributed by atoms with E-state index in [0.717, 1.165) is 0 Å². The van der Waals surface area contributed by atoms with Crippen LogP contribution >= 0.6 is 0 Å². The van der Waals surface area contributed by atoms with Crippen LogP contribution in [0.15, 0.2) is 24.3 Å². The number of hydrogen-bond donors (Lipinski definition) is 1. The summed E-state index contributed by atoms with van der Waals surface area (Å²) in [7, 11) is -3.45. The maximum absolute atomic E-state index is 13.7. The van der Waals surface area contributed by atoms with Gasteiger partial charge in [0.15, 0.2) is 0 Å². The SMILES string of the molecule is CC1(C)CNCCN(Cc2ccccc2F)S1(=O)=O. The van der Waals surface area contributed by atoms with Gasteiger partial charge in [0.05, 0.1) is 4.75 Å². The van der Waals surface area contributed by atoms with E-state index in [0.29, 0.717) is 25.2 Å². The van der Waals surface area contributed by atoms with Gasteiger partial charge in [-0.1, -0.05) is 18.2 Å². The Morgan fingerprint density at radius 1 is 1.37 bits per heavy atom. The van der Waals surface area contributed by atoms with E-state index in [2.05, 4.69) is 5.32 Å². The van der Waals surface area contributed by atoms with Crippen LogP contribution in [0.2, 0.25) is 0 Å². The standard InChI is InChI=1S/C13H19FN2O2S/c1-13(2)10-15-7-8-16(19(13,17)18)9-11-5-3-4-6-12(11)14/h3-6,15H,7-10H2,1-2H3. The molecule has 1 aliphatic heterocycles. The van der Waals surface area contributed by atoms with Gasteiger partial charge in [-0.25, -0.2) is 12.8 Å². The number of sulfonamides is 1. The summed E-state index contributed by atoms with van der Waals surface area (Å²) in [5.74, 6) is -0.368. The summed E-state index contributed by atoms with van der Waals surface area (Å²) in [6.07, 6.45) is 0. The van der Waals surface area contributed by atoms with Crippen LogP contribution in [0, 0.1) is 5.82 Å². The fourth-order valence-electron chi connectivity index (χ4n) is 2.13. The monoisotopic (exact) mass is 286 g/mol. The highest BCUT2D eigenvalue weighted by atomic mass is 32.2. The zero-order chi connectivity index (χ0) is 14.1. The predicted octanol–water partition coefficient (Wildman–Crippen LogP) is 1.34. The van der Waals surface area contributed by atoms with E-state index < -0.39 is 14.8 Å². The Balaban J connectivity index is 2.31. The highest BCUT2D eigenvalue weighted by Crippen LogP contribution is 2.24. The molecule has 6 heteroatoms. The molecule has 0 unspecified atom stereocenters.